The van der Waals surface area contributed by atoms with Gasteiger partial charge in [0.05, 0.1) is 5.41 Å². The van der Waals surface area contributed by atoms with Crippen molar-refractivity contribution in [2.45, 2.75) is 38.6 Å². The lowest BCUT2D eigenvalue weighted by Gasteiger charge is -2.38. The van der Waals surface area contributed by atoms with Crippen LogP contribution in [0.15, 0.2) is 18.6 Å². The third kappa shape index (κ3) is 2.38. The monoisotopic (exact) mass is 235 g/mol. The molecule has 5 heteroatoms. The Morgan fingerprint density at radius 2 is 2.41 bits per heavy atom. The van der Waals surface area contributed by atoms with Crippen molar-refractivity contribution >= 4 is 11.8 Å². The van der Waals surface area contributed by atoms with Crippen LogP contribution in [0.5, 0.6) is 0 Å². The molecular formula is C12H17N3O2. The number of nitrogens with zero attached hydrogens (tertiary/aromatic N) is 2. The first-order chi connectivity index (χ1) is 8.13. The first-order valence-corrected chi connectivity index (χ1v) is 5.89. The Balaban J connectivity index is 2.15. The zero-order valence-corrected chi connectivity index (χ0v) is 9.89. The summed E-state index contributed by atoms with van der Waals surface area (Å²) in [6, 6.07) is 1.69. The van der Waals surface area contributed by atoms with E-state index in [9.17, 15) is 9.90 Å². The van der Waals surface area contributed by atoms with Crippen molar-refractivity contribution < 1.29 is 9.90 Å². The van der Waals surface area contributed by atoms with Gasteiger partial charge in [0, 0.05) is 12.2 Å². The lowest BCUT2D eigenvalue weighted by Crippen LogP contribution is -2.46. The van der Waals surface area contributed by atoms with Crippen LogP contribution in [0.1, 0.15) is 32.6 Å². The number of hydrogen-bond donors (Lipinski definition) is 2. The predicted octanol–water partition coefficient (Wildman–Crippen LogP) is 1.92. The second kappa shape index (κ2) is 4.69. The zero-order valence-electron chi connectivity index (χ0n) is 9.89. The fraction of sp³-hybridized carbons (Fsp3) is 0.583. The van der Waals surface area contributed by atoms with Gasteiger partial charge in [-0.1, -0.05) is 12.8 Å². The van der Waals surface area contributed by atoms with E-state index in [1.807, 2.05) is 6.92 Å². The number of aromatic nitrogens is 2. The van der Waals surface area contributed by atoms with Gasteiger partial charge in [0.2, 0.25) is 0 Å². The molecule has 0 amide bonds. The van der Waals surface area contributed by atoms with Gasteiger partial charge in [-0.25, -0.2) is 9.97 Å². The molecule has 1 aromatic heterocycles. The molecule has 1 heterocycles. The lowest BCUT2D eigenvalue weighted by molar-refractivity contribution is -0.150. The highest BCUT2D eigenvalue weighted by molar-refractivity contribution is 5.76. The van der Waals surface area contributed by atoms with Gasteiger partial charge in [-0.15, -0.1) is 0 Å². The first kappa shape index (κ1) is 11.8. The minimum absolute atomic E-state index is 0.0661. The second-order valence-electron chi connectivity index (χ2n) is 4.76. The van der Waals surface area contributed by atoms with Crippen LogP contribution in [-0.2, 0) is 4.79 Å². The quantitative estimate of drug-likeness (QED) is 0.837. The summed E-state index contributed by atoms with van der Waals surface area (Å²) in [6.07, 6.45) is 6.73. The van der Waals surface area contributed by atoms with Crippen molar-refractivity contribution in [2.24, 2.45) is 5.41 Å². The van der Waals surface area contributed by atoms with E-state index < -0.39 is 11.4 Å². The summed E-state index contributed by atoms with van der Waals surface area (Å²) in [5.41, 5.74) is -0.705. The van der Waals surface area contributed by atoms with E-state index in [4.69, 9.17) is 0 Å². The Bertz CT molecular complexity index is 396. The Morgan fingerprint density at radius 3 is 3.06 bits per heavy atom. The lowest BCUT2D eigenvalue weighted by atomic mass is 9.71. The van der Waals surface area contributed by atoms with Gasteiger partial charge in [-0.2, -0.15) is 0 Å². The van der Waals surface area contributed by atoms with Gasteiger partial charge in [0.25, 0.3) is 0 Å². The van der Waals surface area contributed by atoms with Gasteiger partial charge in [-0.05, 0) is 25.8 Å². The van der Waals surface area contributed by atoms with Crippen LogP contribution in [0.25, 0.3) is 0 Å². The Labute approximate surface area is 100 Å². The summed E-state index contributed by atoms with van der Waals surface area (Å²) in [5, 5.41) is 12.6. The molecular weight excluding hydrogens is 218 g/mol. The first-order valence-electron chi connectivity index (χ1n) is 5.89. The number of rotatable bonds is 3. The summed E-state index contributed by atoms with van der Waals surface area (Å²) in [6.45, 7) is 1.81. The van der Waals surface area contributed by atoms with Crippen molar-refractivity contribution in [3.8, 4) is 0 Å². The zero-order chi connectivity index (χ0) is 12.3. The number of aliphatic carboxylic acids is 1. The smallest absolute Gasteiger partial charge is 0.311 e. The van der Waals surface area contributed by atoms with E-state index in [1.54, 1.807) is 12.3 Å². The van der Waals surface area contributed by atoms with Crippen molar-refractivity contribution in [3.63, 3.8) is 0 Å². The molecule has 92 valence electrons. The normalized spacial score (nSPS) is 28.6. The summed E-state index contributed by atoms with van der Waals surface area (Å²) in [5.74, 6) is -0.0388. The average Bonchev–Trinajstić information content (AvgIpc) is 2.33. The molecule has 5 nitrogen and oxygen atoms in total. The molecule has 1 saturated carbocycles. The van der Waals surface area contributed by atoms with Crippen LogP contribution < -0.4 is 5.32 Å². The van der Waals surface area contributed by atoms with Crippen LogP contribution in [-0.4, -0.2) is 27.1 Å². The van der Waals surface area contributed by atoms with Crippen LogP contribution in [0.3, 0.4) is 0 Å². The molecule has 0 aliphatic heterocycles. The molecule has 0 radical (unpaired) electrons. The highest BCUT2D eigenvalue weighted by atomic mass is 16.4. The Morgan fingerprint density at radius 1 is 1.59 bits per heavy atom. The fourth-order valence-electron chi connectivity index (χ4n) is 2.38. The maximum atomic E-state index is 11.4. The topological polar surface area (TPSA) is 75.1 Å². The highest BCUT2D eigenvalue weighted by Crippen LogP contribution is 2.37. The summed E-state index contributed by atoms with van der Waals surface area (Å²) >= 11 is 0. The number of carboxylic acid groups (broad SMARTS) is 1. The van der Waals surface area contributed by atoms with Crippen molar-refractivity contribution in [2.75, 3.05) is 5.32 Å². The average molecular weight is 235 g/mol. The van der Waals surface area contributed by atoms with E-state index in [1.165, 1.54) is 6.33 Å². The Kier molecular flexibility index (Phi) is 3.26. The van der Waals surface area contributed by atoms with Gasteiger partial charge in [0.15, 0.2) is 0 Å². The van der Waals surface area contributed by atoms with Gasteiger partial charge in [0.1, 0.15) is 12.1 Å². The summed E-state index contributed by atoms with van der Waals surface area (Å²) < 4.78 is 0. The van der Waals surface area contributed by atoms with Crippen molar-refractivity contribution in [3.05, 3.63) is 18.6 Å². The maximum absolute atomic E-state index is 11.4. The predicted molar refractivity (Wildman–Crippen MR) is 63.7 cm³/mol. The van der Waals surface area contributed by atoms with Crippen molar-refractivity contribution in [1.29, 1.82) is 0 Å². The molecule has 17 heavy (non-hydrogen) atoms. The molecule has 0 saturated heterocycles. The second-order valence-corrected chi connectivity index (χ2v) is 4.76. The molecule has 0 bridgehead atoms. The minimum atomic E-state index is -0.733. The van der Waals surface area contributed by atoms with Gasteiger partial charge < -0.3 is 10.4 Å². The van der Waals surface area contributed by atoms with Crippen molar-refractivity contribution in [1.82, 2.24) is 9.97 Å². The van der Waals surface area contributed by atoms with Crippen LogP contribution in [0.2, 0.25) is 0 Å². The summed E-state index contributed by atoms with van der Waals surface area (Å²) in [4.78, 5) is 19.3. The number of nitrogens with one attached hydrogen (secondary N) is 1. The van der Waals surface area contributed by atoms with E-state index in [-0.39, 0.29) is 6.04 Å². The molecule has 0 aromatic carbocycles. The minimum Gasteiger partial charge on any atom is -0.481 e. The molecule has 2 unspecified atom stereocenters. The summed E-state index contributed by atoms with van der Waals surface area (Å²) in [7, 11) is 0. The third-order valence-corrected chi connectivity index (χ3v) is 3.60. The Hall–Kier alpha value is -1.65. The molecule has 1 aliphatic carbocycles. The molecule has 1 aliphatic rings. The number of anilines is 1. The van der Waals surface area contributed by atoms with E-state index in [0.29, 0.717) is 12.2 Å². The van der Waals surface area contributed by atoms with E-state index in [0.717, 1.165) is 19.3 Å². The van der Waals surface area contributed by atoms with Crippen LogP contribution in [0, 0.1) is 5.41 Å². The van der Waals surface area contributed by atoms with Gasteiger partial charge >= 0.3 is 5.97 Å². The van der Waals surface area contributed by atoms with Crippen LogP contribution >= 0.6 is 0 Å². The molecule has 2 atom stereocenters. The largest absolute Gasteiger partial charge is 0.481 e. The SMILES string of the molecule is CC1(C(=O)O)CCCCC1Nc1ccncn1. The highest BCUT2D eigenvalue weighted by Gasteiger charge is 2.43. The fourth-order valence-corrected chi connectivity index (χ4v) is 2.38. The standard InChI is InChI=1S/C12H17N3O2/c1-12(11(16)17)6-3-2-4-9(12)15-10-5-7-13-8-14-10/h5,7-9H,2-4,6H2,1H3,(H,16,17)(H,13,14,15). The van der Waals surface area contributed by atoms with E-state index in [2.05, 4.69) is 15.3 Å². The molecule has 1 aromatic rings. The van der Waals surface area contributed by atoms with Crippen LogP contribution in [0.4, 0.5) is 5.82 Å². The molecule has 0 spiro atoms. The third-order valence-electron chi connectivity index (χ3n) is 3.60. The number of hydrogen-bond acceptors (Lipinski definition) is 4. The maximum Gasteiger partial charge on any atom is 0.311 e. The molecule has 2 rings (SSSR count). The van der Waals surface area contributed by atoms with E-state index >= 15 is 0 Å². The number of carboxylic acids is 1. The number of carbonyl (C=O) groups is 1. The molecule has 2 N–H and O–H groups in total. The van der Waals surface area contributed by atoms with Gasteiger partial charge in [-0.3, -0.25) is 4.79 Å². The molecule has 1 fully saturated rings.